The normalized spacial score (nSPS) is 21.7. The maximum atomic E-state index is 12.3. The molecule has 0 atom stereocenters. The smallest absolute Gasteiger partial charge is 0.223 e. The predicted molar refractivity (Wildman–Crippen MR) is 87.1 cm³/mol. The second-order valence-corrected chi connectivity index (χ2v) is 8.31. The quantitative estimate of drug-likeness (QED) is 0.720. The molecule has 0 radical (unpaired) electrons. The van der Waals surface area contributed by atoms with Gasteiger partial charge in [-0.15, -0.1) is 0 Å². The molecule has 1 heterocycles. The highest BCUT2D eigenvalue weighted by atomic mass is 32.2. The van der Waals surface area contributed by atoms with Crippen LogP contribution in [0.25, 0.3) is 0 Å². The largest absolute Gasteiger partial charge is 0.340 e. The molecule has 1 saturated carbocycles. The first-order valence-electron chi connectivity index (χ1n) is 8.38. The topological polar surface area (TPSA) is 60.9 Å². The third kappa shape index (κ3) is 4.67. The van der Waals surface area contributed by atoms with Crippen molar-refractivity contribution in [3.63, 3.8) is 0 Å². The van der Waals surface area contributed by atoms with E-state index in [9.17, 15) is 13.2 Å². The molecule has 7 heteroatoms. The number of rotatable bonds is 6. The van der Waals surface area contributed by atoms with Crippen LogP contribution in [0.15, 0.2) is 0 Å². The zero-order valence-corrected chi connectivity index (χ0v) is 14.6. The Balaban J connectivity index is 1.85. The van der Waals surface area contributed by atoms with E-state index in [-0.39, 0.29) is 11.9 Å². The maximum absolute atomic E-state index is 12.3. The Labute approximate surface area is 134 Å². The van der Waals surface area contributed by atoms with E-state index >= 15 is 0 Å². The van der Waals surface area contributed by atoms with Gasteiger partial charge in [-0.2, -0.15) is 4.31 Å². The number of carbonyl (C=O) groups excluding carboxylic acids is 1. The fourth-order valence-corrected chi connectivity index (χ4v) is 4.66. The van der Waals surface area contributed by atoms with E-state index in [4.69, 9.17) is 0 Å². The monoisotopic (exact) mass is 331 g/mol. The Morgan fingerprint density at radius 3 is 2.23 bits per heavy atom. The van der Waals surface area contributed by atoms with Crippen LogP contribution in [0.4, 0.5) is 0 Å². The van der Waals surface area contributed by atoms with Crippen molar-refractivity contribution in [3.8, 4) is 0 Å². The minimum atomic E-state index is -3.23. The molecular weight excluding hydrogens is 302 g/mol. The highest BCUT2D eigenvalue weighted by Crippen LogP contribution is 2.25. The molecule has 6 nitrogen and oxygen atoms in total. The summed E-state index contributed by atoms with van der Waals surface area (Å²) in [6.07, 6.45) is 5.59. The van der Waals surface area contributed by atoms with Gasteiger partial charge >= 0.3 is 0 Å². The van der Waals surface area contributed by atoms with E-state index in [1.807, 2.05) is 4.90 Å². The van der Waals surface area contributed by atoms with Gasteiger partial charge in [0.25, 0.3) is 0 Å². The first-order chi connectivity index (χ1) is 10.4. The van der Waals surface area contributed by atoms with Crippen LogP contribution < -0.4 is 0 Å². The predicted octanol–water partition coefficient (Wildman–Crippen LogP) is 0.745. The number of nitrogens with zero attached hydrogens (tertiary/aromatic N) is 3. The zero-order valence-electron chi connectivity index (χ0n) is 13.8. The lowest BCUT2D eigenvalue weighted by Crippen LogP contribution is -2.49. The SMILES string of the molecule is CCN1CCN(C(=O)CCN(C2CCCC2)S(C)(=O)=O)CC1. The van der Waals surface area contributed by atoms with Crippen LogP contribution in [-0.4, -0.2) is 80.0 Å². The molecule has 0 unspecified atom stereocenters. The molecule has 2 aliphatic rings. The lowest BCUT2D eigenvalue weighted by atomic mass is 10.2. The first-order valence-corrected chi connectivity index (χ1v) is 10.2. The highest BCUT2D eigenvalue weighted by Gasteiger charge is 2.30. The van der Waals surface area contributed by atoms with Crippen LogP contribution in [-0.2, 0) is 14.8 Å². The molecular formula is C15H29N3O3S. The molecule has 2 fully saturated rings. The second kappa shape index (κ2) is 7.75. The van der Waals surface area contributed by atoms with E-state index in [0.717, 1.165) is 58.4 Å². The molecule has 22 heavy (non-hydrogen) atoms. The second-order valence-electron chi connectivity index (χ2n) is 6.38. The summed E-state index contributed by atoms with van der Waals surface area (Å²) in [7, 11) is -3.23. The summed E-state index contributed by atoms with van der Waals surface area (Å²) in [5, 5.41) is 0. The Morgan fingerprint density at radius 2 is 1.73 bits per heavy atom. The van der Waals surface area contributed by atoms with Crippen molar-refractivity contribution in [2.45, 2.75) is 45.1 Å². The van der Waals surface area contributed by atoms with Crippen molar-refractivity contribution < 1.29 is 13.2 Å². The number of carbonyl (C=O) groups is 1. The van der Waals surface area contributed by atoms with Gasteiger partial charge in [0.05, 0.1) is 6.26 Å². The minimum absolute atomic E-state index is 0.0856. The third-order valence-electron chi connectivity index (χ3n) is 4.88. The van der Waals surface area contributed by atoms with Crippen molar-refractivity contribution in [3.05, 3.63) is 0 Å². The van der Waals surface area contributed by atoms with E-state index in [0.29, 0.717) is 13.0 Å². The number of sulfonamides is 1. The Morgan fingerprint density at radius 1 is 1.14 bits per heavy atom. The van der Waals surface area contributed by atoms with Gasteiger partial charge in [-0.25, -0.2) is 8.42 Å². The Kier molecular flexibility index (Phi) is 6.23. The standard InChI is InChI=1S/C15H29N3O3S/c1-3-16-10-12-17(13-11-16)15(19)8-9-18(22(2,20)21)14-6-4-5-7-14/h14H,3-13H2,1-2H3. The van der Waals surface area contributed by atoms with Crippen molar-refractivity contribution in [2.75, 3.05) is 45.5 Å². The van der Waals surface area contributed by atoms with Gasteiger partial charge < -0.3 is 9.80 Å². The molecule has 0 bridgehead atoms. The molecule has 0 spiro atoms. The molecule has 2 rings (SSSR count). The third-order valence-corrected chi connectivity index (χ3v) is 6.21. The fraction of sp³-hybridized carbons (Fsp3) is 0.933. The van der Waals surface area contributed by atoms with Crippen molar-refractivity contribution >= 4 is 15.9 Å². The molecule has 1 aliphatic heterocycles. The lowest BCUT2D eigenvalue weighted by molar-refractivity contribution is -0.133. The van der Waals surface area contributed by atoms with Crippen LogP contribution >= 0.6 is 0 Å². The maximum Gasteiger partial charge on any atom is 0.223 e. The average molecular weight is 331 g/mol. The van der Waals surface area contributed by atoms with Crippen LogP contribution in [0.5, 0.6) is 0 Å². The summed E-state index contributed by atoms with van der Waals surface area (Å²) in [5.41, 5.74) is 0. The molecule has 0 aromatic rings. The fourth-order valence-electron chi connectivity index (χ4n) is 3.49. The van der Waals surface area contributed by atoms with E-state index in [1.54, 1.807) is 4.31 Å². The van der Waals surface area contributed by atoms with Crippen molar-refractivity contribution in [1.82, 2.24) is 14.1 Å². The number of hydrogen-bond acceptors (Lipinski definition) is 4. The highest BCUT2D eigenvalue weighted by molar-refractivity contribution is 7.88. The average Bonchev–Trinajstić information content (AvgIpc) is 3.00. The van der Waals surface area contributed by atoms with Crippen LogP contribution in [0.3, 0.4) is 0 Å². The molecule has 0 aromatic carbocycles. The summed E-state index contributed by atoms with van der Waals surface area (Å²) < 4.78 is 25.5. The molecule has 128 valence electrons. The molecule has 0 aromatic heterocycles. The number of piperazine rings is 1. The molecule has 1 aliphatic carbocycles. The van der Waals surface area contributed by atoms with E-state index in [1.165, 1.54) is 6.26 Å². The van der Waals surface area contributed by atoms with Gasteiger partial charge in [0.2, 0.25) is 15.9 Å². The van der Waals surface area contributed by atoms with Gasteiger partial charge in [0.15, 0.2) is 0 Å². The van der Waals surface area contributed by atoms with Crippen LogP contribution in [0.2, 0.25) is 0 Å². The first kappa shape index (κ1) is 17.7. The summed E-state index contributed by atoms with van der Waals surface area (Å²) in [6, 6.07) is 0.0970. The zero-order chi connectivity index (χ0) is 16.2. The summed E-state index contributed by atoms with van der Waals surface area (Å²) in [4.78, 5) is 16.5. The van der Waals surface area contributed by atoms with Crippen molar-refractivity contribution in [2.24, 2.45) is 0 Å². The molecule has 1 saturated heterocycles. The van der Waals surface area contributed by atoms with Crippen LogP contribution in [0, 0.1) is 0 Å². The van der Waals surface area contributed by atoms with Gasteiger partial charge in [-0.3, -0.25) is 4.79 Å². The molecule has 0 N–H and O–H groups in total. The number of hydrogen-bond donors (Lipinski definition) is 0. The van der Waals surface area contributed by atoms with Crippen LogP contribution in [0.1, 0.15) is 39.0 Å². The Hall–Kier alpha value is -0.660. The van der Waals surface area contributed by atoms with E-state index in [2.05, 4.69) is 11.8 Å². The van der Waals surface area contributed by atoms with Crippen molar-refractivity contribution in [1.29, 1.82) is 0 Å². The van der Waals surface area contributed by atoms with Gasteiger partial charge in [-0.1, -0.05) is 19.8 Å². The van der Waals surface area contributed by atoms with Gasteiger partial charge in [-0.05, 0) is 19.4 Å². The van der Waals surface area contributed by atoms with E-state index < -0.39 is 10.0 Å². The minimum Gasteiger partial charge on any atom is -0.340 e. The lowest BCUT2D eigenvalue weighted by Gasteiger charge is -2.34. The number of likely N-dealkylation sites (N-methyl/N-ethyl adjacent to an activating group) is 1. The summed E-state index contributed by atoms with van der Waals surface area (Å²) in [5.74, 6) is 0.0856. The molecule has 1 amide bonds. The van der Waals surface area contributed by atoms with Gasteiger partial charge in [0.1, 0.15) is 0 Å². The Bertz CT molecular complexity index is 466. The number of amides is 1. The summed E-state index contributed by atoms with van der Waals surface area (Å²) >= 11 is 0. The van der Waals surface area contributed by atoms with Gasteiger partial charge in [0, 0.05) is 45.2 Å². The summed E-state index contributed by atoms with van der Waals surface area (Å²) in [6.45, 7) is 6.83.